The summed E-state index contributed by atoms with van der Waals surface area (Å²) >= 11 is 0. The van der Waals surface area contributed by atoms with E-state index in [0.29, 0.717) is 50.8 Å². The molecule has 0 aromatic carbocycles. The van der Waals surface area contributed by atoms with Gasteiger partial charge in [0.2, 0.25) is 17.7 Å². The fraction of sp³-hybridized carbons (Fsp3) is 0.434. The minimum absolute atomic E-state index is 0.0389. The van der Waals surface area contributed by atoms with E-state index in [-0.39, 0.29) is 17.7 Å². The molecule has 0 unspecified atom stereocenters. The van der Waals surface area contributed by atoms with Crippen molar-refractivity contribution in [2.24, 2.45) is 0 Å². The predicted molar refractivity (Wildman–Crippen MR) is 257 cm³/mol. The Morgan fingerprint density at radius 2 is 0.917 bits per heavy atom. The first kappa shape index (κ1) is 52.7. The van der Waals surface area contributed by atoms with Gasteiger partial charge < -0.3 is 16.0 Å². The second kappa shape index (κ2) is 41.8. The molecule has 0 aliphatic rings. The zero-order valence-corrected chi connectivity index (χ0v) is 36.9. The van der Waals surface area contributed by atoms with Crippen molar-refractivity contribution in [1.29, 1.82) is 0 Å². The molecule has 326 valence electrons. The maximum atomic E-state index is 13.1. The Bertz CT molecular complexity index is 1570. The molecule has 0 radical (unpaired) electrons. The molecule has 1 aromatic rings. The van der Waals surface area contributed by atoms with Gasteiger partial charge in [-0.05, 0) is 121 Å². The summed E-state index contributed by atoms with van der Waals surface area (Å²) in [4.78, 5) is 42.3. The highest BCUT2D eigenvalue weighted by Crippen LogP contribution is 2.09. The summed E-state index contributed by atoms with van der Waals surface area (Å²) in [6.45, 7) is 4.83. The van der Waals surface area contributed by atoms with Crippen molar-refractivity contribution in [2.75, 3.05) is 11.9 Å². The smallest absolute Gasteiger partial charge is 0.246 e. The summed E-state index contributed by atoms with van der Waals surface area (Å²) < 4.78 is 0. The monoisotopic (exact) mass is 817 g/mol. The number of nitrogens with zero attached hydrogens (tertiary/aromatic N) is 1. The van der Waals surface area contributed by atoms with E-state index in [1.54, 1.807) is 24.5 Å². The van der Waals surface area contributed by atoms with Crippen LogP contribution in [0.1, 0.15) is 136 Å². The topological polar surface area (TPSA) is 100 Å². The van der Waals surface area contributed by atoms with E-state index >= 15 is 0 Å². The molecule has 7 heteroatoms. The molecule has 7 nitrogen and oxygen atoms in total. The maximum absolute atomic E-state index is 13.1. The van der Waals surface area contributed by atoms with Crippen LogP contribution < -0.4 is 16.0 Å². The minimum atomic E-state index is -0.671. The molecule has 1 rings (SSSR count). The van der Waals surface area contributed by atoms with Gasteiger partial charge in [-0.2, -0.15) is 0 Å². The van der Waals surface area contributed by atoms with Gasteiger partial charge in [-0.25, -0.2) is 0 Å². The van der Waals surface area contributed by atoms with Gasteiger partial charge in [0.05, 0.1) is 0 Å². The number of anilines is 1. The van der Waals surface area contributed by atoms with Crippen LogP contribution in [0.3, 0.4) is 0 Å². The molecule has 1 heterocycles. The number of hydrogen-bond acceptors (Lipinski definition) is 4. The molecule has 0 fully saturated rings. The van der Waals surface area contributed by atoms with E-state index in [4.69, 9.17) is 0 Å². The van der Waals surface area contributed by atoms with Gasteiger partial charge in [0.1, 0.15) is 6.04 Å². The zero-order valence-electron chi connectivity index (χ0n) is 36.9. The normalized spacial score (nSPS) is 13.2. The van der Waals surface area contributed by atoms with E-state index in [0.717, 1.165) is 83.5 Å². The first-order chi connectivity index (χ1) is 29.6. The van der Waals surface area contributed by atoms with Crippen LogP contribution in [-0.2, 0) is 14.4 Å². The lowest BCUT2D eigenvalue weighted by Gasteiger charge is -2.18. The lowest BCUT2D eigenvalue weighted by molar-refractivity contribution is -0.126. The van der Waals surface area contributed by atoms with Crippen molar-refractivity contribution < 1.29 is 14.4 Å². The van der Waals surface area contributed by atoms with Gasteiger partial charge >= 0.3 is 0 Å². The first-order valence-electron chi connectivity index (χ1n) is 22.5. The number of carbonyl (C=O) groups is 3. The highest BCUT2D eigenvalue weighted by atomic mass is 16.2. The summed E-state index contributed by atoms with van der Waals surface area (Å²) in [5, 5.41) is 8.81. The second-order valence-electron chi connectivity index (χ2n) is 14.2. The highest BCUT2D eigenvalue weighted by Gasteiger charge is 2.20. The van der Waals surface area contributed by atoms with Gasteiger partial charge in [0, 0.05) is 37.5 Å². The molecule has 1 atom stereocenters. The van der Waals surface area contributed by atoms with Crippen LogP contribution in [0.5, 0.6) is 0 Å². The average Bonchev–Trinajstić information content (AvgIpc) is 3.25. The maximum Gasteiger partial charge on any atom is 0.246 e. The average molecular weight is 817 g/mol. The number of hydrogen-bond donors (Lipinski definition) is 3. The molecule has 0 aliphatic heterocycles. The summed E-state index contributed by atoms with van der Waals surface area (Å²) in [6.07, 6.45) is 66.5. The molecule has 0 saturated heterocycles. The van der Waals surface area contributed by atoms with Gasteiger partial charge in [-0.3, -0.25) is 19.4 Å². The largest absolute Gasteiger partial charge is 0.356 e. The molecule has 0 aliphatic carbocycles. The van der Waals surface area contributed by atoms with Crippen molar-refractivity contribution >= 4 is 23.4 Å². The summed E-state index contributed by atoms with van der Waals surface area (Å²) in [5.74, 6) is -0.384. The van der Waals surface area contributed by atoms with Crippen molar-refractivity contribution in [3.63, 3.8) is 0 Å². The molecule has 3 amide bonds. The molecule has 0 saturated carbocycles. The van der Waals surface area contributed by atoms with Crippen LogP contribution in [0.15, 0.2) is 158 Å². The van der Waals surface area contributed by atoms with E-state index in [2.05, 4.69) is 162 Å². The zero-order chi connectivity index (χ0) is 43.2. The third-order valence-corrected chi connectivity index (χ3v) is 8.91. The number of nitrogens with one attached hydrogen (secondary N) is 3. The highest BCUT2D eigenvalue weighted by molar-refractivity contribution is 5.97. The van der Waals surface area contributed by atoms with Gasteiger partial charge in [0.25, 0.3) is 0 Å². The third-order valence-electron chi connectivity index (χ3n) is 8.91. The number of rotatable bonds is 35. The van der Waals surface area contributed by atoms with E-state index in [9.17, 15) is 14.4 Å². The number of pyridine rings is 1. The number of amides is 3. The van der Waals surface area contributed by atoms with Crippen LogP contribution >= 0.6 is 0 Å². The Balaban J connectivity index is 2.28. The summed E-state index contributed by atoms with van der Waals surface area (Å²) in [6, 6.07) is 2.77. The SMILES string of the molecule is CC/C=C\C/C=C\C/C=C\C/C=C\C/C=C\C/C=C\CCC(=O)N[C@@H](CCCCNC(=O)CCC/C=C\C/C=C\C/C=C\C/C=C\C/C=C\CC)C(=O)Nc1ccncc1. The van der Waals surface area contributed by atoms with Crippen LogP contribution in [0.4, 0.5) is 5.69 Å². The molecule has 0 spiro atoms. The Labute approximate surface area is 364 Å². The molecular weight excluding hydrogens is 741 g/mol. The second-order valence-corrected chi connectivity index (χ2v) is 14.2. The Morgan fingerprint density at radius 1 is 0.500 bits per heavy atom. The molecule has 3 N–H and O–H groups in total. The lowest BCUT2D eigenvalue weighted by atomic mass is 10.1. The fourth-order valence-corrected chi connectivity index (χ4v) is 5.59. The first-order valence-corrected chi connectivity index (χ1v) is 22.5. The molecular formula is C53H76N4O3. The lowest BCUT2D eigenvalue weighted by Crippen LogP contribution is -2.43. The molecule has 0 bridgehead atoms. The quantitative estimate of drug-likeness (QED) is 0.0469. The van der Waals surface area contributed by atoms with Crippen molar-refractivity contribution in [2.45, 2.75) is 142 Å². The predicted octanol–water partition coefficient (Wildman–Crippen LogP) is 13.2. The number of carbonyl (C=O) groups excluding carboxylic acids is 3. The van der Waals surface area contributed by atoms with Crippen molar-refractivity contribution in [3.05, 3.63) is 158 Å². The Kier molecular flexibility index (Phi) is 36.8. The summed E-state index contributed by atoms with van der Waals surface area (Å²) in [5.41, 5.74) is 0.629. The standard InChI is InChI=1S/C53H76N4O3/c1-3-5-7-9-11-13-15-17-19-21-22-24-26-28-30-32-34-36-38-43-52(59)57-50(53(60)56-49-44-47-54-48-45-49)41-39-40-46-55-51(58)42-37-35-33-31-29-27-25-23-20-18-16-14-12-10-8-6-4-2/h5-8,11-14,17-20,22,24-25,27-28,30-31,33-34,36,44-45,47-48,50H,3-4,9-10,15-16,21,23,26,29,32,35,37-43,46H2,1-2H3,(H,55,58)(H,57,59)(H,54,56,60)/b7-5-,8-6-,13-11-,14-12-,19-17-,20-18-,24-22-,27-25-,30-28-,33-31-,36-34-/t50-/m0/s1. The minimum Gasteiger partial charge on any atom is -0.356 e. The fourth-order valence-electron chi connectivity index (χ4n) is 5.59. The summed E-state index contributed by atoms with van der Waals surface area (Å²) in [7, 11) is 0. The van der Waals surface area contributed by atoms with Gasteiger partial charge in [0.15, 0.2) is 0 Å². The molecule has 60 heavy (non-hydrogen) atoms. The van der Waals surface area contributed by atoms with Crippen LogP contribution in [0.25, 0.3) is 0 Å². The van der Waals surface area contributed by atoms with Crippen LogP contribution in [0.2, 0.25) is 0 Å². The Hall–Kier alpha value is -5.30. The van der Waals surface area contributed by atoms with Gasteiger partial charge in [-0.15, -0.1) is 0 Å². The third kappa shape index (κ3) is 35.8. The van der Waals surface area contributed by atoms with Gasteiger partial charge in [-0.1, -0.05) is 148 Å². The van der Waals surface area contributed by atoms with Crippen LogP contribution in [0, 0.1) is 0 Å². The van der Waals surface area contributed by atoms with E-state index in [1.807, 2.05) is 6.08 Å². The van der Waals surface area contributed by atoms with Crippen molar-refractivity contribution in [1.82, 2.24) is 15.6 Å². The van der Waals surface area contributed by atoms with E-state index < -0.39 is 6.04 Å². The molecule has 1 aromatic heterocycles. The number of aromatic nitrogens is 1. The van der Waals surface area contributed by atoms with E-state index in [1.165, 1.54) is 0 Å². The Morgan fingerprint density at radius 3 is 1.37 bits per heavy atom. The van der Waals surface area contributed by atoms with Crippen LogP contribution in [-0.4, -0.2) is 35.3 Å². The number of unbranched alkanes of at least 4 members (excludes halogenated alkanes) is 2. The number of allylic oxidation sites excluding steroid dienone is 22. The van der Waals surface area contributed by atoms with Crippen molar-refractivity contribution in [3.8, 4) is 0 Å².